The van der Waals surface area contributed by atoms with Crippen LogP contribution in [0, 0.1) is 0 Å². The van der Waals surface area contributed by atoms with Gasteiger partial charge < -0.3 is 20.5 Å². The SMILES string of the molecule is CC(C)c1ccc(OCc2nnc(SCC(=O)N[C@@H](c3ccccc3)c3nccn3C)n2N)cc1. The quantitative estimate of drug-likeness (QED) is 0.258. The molecule has 2 aromatic carbocycles. The Kier molecular flexibility index (Phi) is 7.71. The van der Waals surface area contributed by atoms with E-state index in [9.17, 15) is 4.79 Å². The number of carbonyl (C=O) groups is 1. The molecule has 4 rings (SSSR count). The largest absolute Gasteiger partial charge is 0.486 e. The van der Waals surface area contributed by atoms with E-state index in [1.807, 2.05) is 72.4 Å². The van der Waals surface area contributed by atoms with Gasteiger partial charge in [-0.15, -0.1) is 10.2 Å². The second-order valence-electron chi connectivity index (χ2n) is 8.38. The molecule has 1 atom stereocenters. The molecule has 0 fully saturated rings. The van der Waals surface area contributed by atoms with E-state index in [-0.39, 0.29) is 24.3 Å². The molecular weight excluding hydrogens is 462 g/mol. The molecule has 0 saturated heterocycles. The van der Waals surface area contributed by atoms with E-state index < -0.39 is 0 Å². The minimum atomic E-state index is -0.369. The van der Waals surface area contributed by atoms with Crippen molar-refractivity contribution in [2.45, 2.75) is 37.6 Å². The Morgan fingerprint density at radius 2 is 1.83 bits per heavy atom. The van der Waals surface area contributed by atoms with Gasteiger partial charge in [0.15, 0.2) is 5.82 Å². The highest BCUT2D eigenvalue weighted by Crippen LogP contribution is 2.22. The molecule has 0 aliphatic carbocycles. The summed E-state index contributed by atoms with van der Waals surface area (Å²) in [4.78, 5) is 17.2. The smallest absolute Gasteiger partial charge is 0.231 e. The first-order valence-electron chi connectivity index (χ1n) is 11.3. The van der Waals surface area contributed by atoms with Gasteiger partial charge in [-0.1, -0.05) is 68.1 Å². The van der Waals surface area contributed by atoms with Crippen molar-refractivity contribution >= 4 is 17.7 Å². The Balaban J connectivity index is 1.35. The Morgan fingerprint density at radius 3 is 2.49 bits per heavy atom. The maximum Gasteiger partial charge on any atom is 0.231 e. The third kappa shape index (κ3) is 6.02. The van der Waals surface area contributed by atoms with Gasteiger partial charge in [-0.3, -0.25) is 4.79 Å². The maximum absolute atomic E-state index is 12.8. The predicted molar refractivity (Wildman–Crippen MR) is 135 cm³/mol. The van der Waals surface area contributed by atoms with Crippen molar-refractivity contribution in [3.63, 3.8) is 0 Å². The van der Waals surface area contributed by atoms with Crippen LogP contribution in [-0.4, -0.2) is 36.1 Å². The van der Waals surface area contributed by atoms with Crippen LogP contribution in [0.25, 0.3) is 0 Å². The molecule has 182 valence electrons. The van der Waals surface area contributed by atoms with Gasteiger partial charge in [-0.25, -0.2) is 9.66 Å². The summed E-state index contributed by atoms with van der Waals surface area (Å²) >= 11 is 1.21. The van der Waals surface area contributed by atoms with Gasteiger partial charge in [0.2, 0.25) is 11.1 Å². The molecule has 2 heterocycles. The monoisotopic (exact) mass is 491 g/mol. The Bertz CT molecular complexity index is 1250. The zero-order chi connectivity index (χ0) is 24.8. The zero-order valence-electron chi connectivity index (χ0n) is 20.0. The van der Waals surface area contributed by atoms with Gasteiger partial charge in [0.25, 0.3) is 0 Å². The Hall–Kier alpha value is -3.79. The predicted octanol–water partition coefficient (Wildman–Crippen LogP) is 3.43. The molecule has 35 heavy (non-hydrogen) atoms. The summed E-state index contributed by atoms with van der Waals surface area (Å²) in [6.07, 6.45) is 3.57. The van der Waals surface area contributed by atoms with Crippen LogP contribution in [-0.2, 0) is 18.4 Å². The third-order valence-corrected chi connectivity index (χ3v) is 6.48. The van der Waals surface area contributed by atoms with Crippen LogP contribution in [0.1, 0.15) is 48.6 Å². The van der Waals surface area contributed by atoms with Crippen LogP contribution in [0.2, 0.25) is 0 Å². The number of amides is 1. The molecule has 1 amide bonds. The van der Waals surface area contributed by atoms with Crippen molar-refractivity contribution in [2.75, 3.05) is 11.6 Å². The average Bonchev–Trinajstić information content (AvgIpc) is 3.45. The van der Waals surface area contributed by atoms with Crippen molar-refractivity contribution in [3.8, 4) is 5.75 Å². The standard InChI is InChI=1S/C25H29N7O2S/c1-17(2)18-9-11-20(12-10-18)34-15-21-29-30-25(32(21)26)35-16-22(33)28-23(19-7-5-4-6-8-19)24-27-13-14-31(24)3/h4-14,17,23H,15-16,26H2,1-3H3,(H,28,33)/t23-/m0/s1. The summed E-state index contributed by atoms with van der Waals surface area (Å²) in [5.41, 5.74) is 2.19. The van der Waals surface area contributed by atoms with E-state index in [0.29, 0.717) is 16.9 Å². The van der Waals surface area contributed by atoms with E-state index in [1.165, 1.54) is 22.0 Å². The molecule has 0 saturated carbocycles. The number of carbonyl (C=O) groups excluding carboxylic acids is 1. The van der Waals surface area contributed by atoms with Gasteiger partial charge in [0, 0.05) is 19.4 Å². The van der Waals surface area contributed by atoms with E-state index >= 15 is 0 Å². The number of ether oxygens (including phenoxy) is 1. The molecule has 3 N–H and O–H groups in total. The van der Waals surface area contributed by atoms with E-state index in [1.54, 1.807) is 6.20 Å². The van der Waals surface area contributed by atoms with Crippen LogP contribution in [0.4, 0.5) is 0 Å². The number of hydrogen-bond donors (Lipinski definition) is 2. The molecule has 0 radical (unpaired) electrons. The molecule has 2 aromatic heterocycles. The summed E-state index contributed by atoms with van der Waals surface area (Å²) in [6.45, 7) is 4.46. The summed E-state index contributed by atoms with van der Waals surface area (Å²) < 4.78 is 9.05. The van der Waals surface area contributed by atoms with Gasteiger partial charge in [-0.2, -0.15) is 0 Å². The number of nitrogen functional groups attached to an aromatic ring is 1. The van der Waals surface area contributed by atoms with Gasteiger partial charge in [0.1, 0.15) is 24.2 Å². The number of imidazole rings is 1. The van der Waals surface area contributed by atoms with E-state index in [2.05, 4.69) is 34.3 Å². The molecular formula is C25H29N7O2S. The molecule has 10 heteroatoms. The molecule has 0 unspecified atom stereocenters. The second kappa shape index (κ2) is 11.1. The van der Waals surface area contributed by atoms with E-state index in [0.717, 1.165) is 17.1 Å². The molecule has 4 aromatic rings. The Morgan fingerprint density at radius 1 is 1.09 bits per heavy atom. The number of benzene rings is 2. The lowest BCUT2D eigenvalue weighted by Gasteiger charge is -2.19. The van der Waals surface area contributed by atoms with Crippen LogP contribution in [0.15, 0.2) is 72.1 Å². The highest BCUT2D eigenvalue weighted by atomic mass is 32.2. The topological polar surface area (TPSA) is 113 Å². The van der Waals surface area contributed by atoms with Crippen molar-refractivity contribution in [2.24, 2.45) is 7.05 Å². The number of aryl methyl sites for hydroxylation is 1. The highest BCUT2D eigenvalue weighted by molar-refractivity contribution is 7.99. The fourth-order valence-electron chi connectivity index (χ4n) is 3.53. The average molecular weight is 492 g/mol. The Labute approximate surface area is 208 Å². The number of nitrogens with one attached hydrogen (secondary N) is 1. The molecule has 9 nitrogen and oxygen atoms in total. The van der Waals surface area contributed by atoms with Gasteiger partial charge >= 0.3 is 0 Å². The number of nitrogens with two attached hydrogens (primary N) is 1. The third-order valence-electron chi connectivity index (χ3n) is 5.54. The van der Waals surface area contributed by atoms with Crippen molar-refractivity contribution in [1.82, 2.24) is 29.7 Å². The maximum atomic E-state index is 12.8. The summed E-state index contributed by atoms with van der Waals surface area (Å²) in [7, 11) is 1.90. The first-order chi connectivity index (χ1) is 16.9. The number of nitrogens with zero attached hydrogens (tertiary/aromatic N) is 5. The highest BCUT2D eigenvalue weighted by Gasteiger charge is 2.21. The zero-order valence-corrected chi connectivity index (χ0v) is 20.8. The molecule has 0 spiro atoms. The van der Waals surface area contributed by atoms with Crippen LogP contribution >= 0.6 is 11.8 Å². The molecule has 0 bridgehead atoms. The first-order valence-corrected chi connectivity index (χ1v) is 12.3. The second-order valence-corrected chi connectivity index (χ2v) is 9.32. The number of hydrogen-bond acceptors (Lipinski definition) is 7. The minimum Gasteiger partial charge on any atom is -0.486 e. The summed E-state index contributed by atoms with van der Waals surface area (Å²) in [5, 5.41) is 11.7. The lowest BCUT2D eigenvalue weighted by atomic mass is 10.0. The number of thioether (sulfide) groups is 1. The van der Waals surface area contributed by atoms with Gasteiger partial charge in [0.05, 0.1) is 5.75 Å². The van der Waals surface area contributed by atoms with Crippen LogP contribution in [0.5, 0.6) is 5.75 Å². The summed E-state index contributed by atoms with van der Waals surface area (Å²) in [6, 6.07) is 17.3. The van der Waals surface area contributed by atoms with Gasteiger partial charge in [-0.05, 0) is 29.2 Å². The molecule has 0 aliphatic heterocycles. The lowest BCUT2D eigenvalue weighted by Crippen LogP contribution is -2.32. The lowest BCUT2D eigenvalue weighted by molar-refractivity contribution is -0.119. The van der Waals surface area contributed by atoms with Crippen LogP contribution < -0.4 is 15.9 Å². The van der Waals surface area contributed by atoms with Crippen molar-refractivity contribution < 1.29 is 9.53 Å². The minimum absolute atomic E-state index is 0.126. The first kappa shape index (κ1) is 24.3. The fraction of sp³-hybridized carbons (Fsp3) is 0.280. The van der Waals surface area contributed by atoms with Crippen molar-refractivity contribution in [1.29, 1.82) is 0 Å². The molecule has 0 aliphatic rings. The normalized spacial score (nSPS) is 12.0. The number of aromatic nitrogens is 5. The van der Waals surface area contributed by atoms with Crippen molar-refractivity contribution in [3.05, 3.63) is 89.8 Å². The fourth-order valence-corrected chi connectivity index (χ4v) is 4.22. The number of rotatable bonds is 10. The van der Waals surface area contributed by atoms with E-state index in [4.69, 9.17) is 10.6 Å². The van der Waals surface area contributed by atoms with Crippen LogP contribution in [0.3, 0.4) is 0 Å². The summed E-state index contributed by atoms with van der Waals surface area (Å²) in [5.74, 6) is 8.51.